The van der Waals surface area contributed by atoms with Gasteiger partial charge < -0.3 is 14.8 Å². The van der Waals surface area contributed by atoms with Crippen LogP contribution in [-0.2, 0) is 21.4 Å². The Kier molecular flexibility index (Phi) is 6.45. The lowest BCUT2D eigenvalue weighted by Crippen LogP contribution is -2.40. The van der Waals surface area contributed by atoms with Gasteiger partial charge in [0.25, 0.3) is 10.0 Å². The quantitative estimate of drug-likeness (QED) is 0.533. The van der Waals surface area contributed by atoms with Crippen molar-refractivity contribution in [2.45, 2.75) is 11.4 Å². The minimum Gasteiger partial charge on any atom is -0.454 e. The predicted molar refractivity (Wildman–Crippen MR) is 122 cm³/mol. The van der Waals surface area contributed by atoms with Crippen LogP contribution in [0.15, 0.2) is 71.6 Å². The normalized spacial score (nSPS) is 12.4. The number of carbonyl (C=O) groups is 1. The number of nitrogens with one attached hydrogen (secondary N) is 1. The number of fused-ring (bicyclic) bond motifs is 1. The van der Waals surface area contributed by atoms with Crippen LogP contribution in [-0.4, -0.2) is 27.7 Å². The molecule has 0 saturated carbocycles. The molecule has 0 spiro atoms. The van der Waals surface area contributed by atoms with Gasteiger partial charge in [0.15, 0.2) is 11.5 Å². The van der Waals surface area contributed by atoms with Gasteiger partial charge in [-0.1, -0.05) is 53.5 Å². The fourth-order valence-corrected chi connectivity index (χ4v) is 5.04. The van der Waals surface area contributed by atoms with Gasteiger partial charge in [-0.25, -0.2) is 8.42 Å². The maximum absolute atomic E-state index is 13.3. The van der Waals surface area contributed by atoms with Crippen LogP contribution < -0.4 is 19.1 Å². The second kappa shape index (κ2) is 9.28. The van der Waals surface area contributed by atoms with Crippen molar-refractivity contribution < 1.29 is 22.7 Å². The summed E-state index contributed by atoms with van der Waals surface area (Å²) in [6, 6.07) is 17.7. The van der Waals surface area contributed by atoms with Crippen LogP contribution >= 0.6 is 23.2 Å². The van der Waals surface area contributed by atoms with E-state index in [1.807, 2.05) is 0 Å². The van der Waals surface area contributed by atoms with Gasteiger partial charge in [-0.05, 0) is 42.0 Å². The third kappa shape index (κ3) is 4.62. The van der Waals surface area contributed by atoms with E-state index in [1.54, 1.807) is 48.5 Å². The highest BCUT2D eigenvalue weighted by Crippen LogP contribution is 2.35. The Morgan fingerprint density at radius 3 is 2.50 bits per heavy atom. The maximum Gasteiger partial charge on any atom is 0.264 e. The smallest absolute Gasteiger partial charge is 0.264 e. The van der Waals surface area contributed by atoms with Crippen molar-refractivity contribution >= 4 is 44.8 Å². The van der Waals surface area contributed by atoms with E-state index in [1.165, 1.54) is 18.2 Å². The monoisotopic (exact) mass is 492 g/mol. The minimum absolute atomic E-state index is 0.0274. The van der Waals surface area contributed by atoms with Crippen LogP contribution in [0.4, 0.5) is 5.69 Å². The van der Waals surface area contributed by atoms with Crippen LogP contribution in [0.5, 0.6) is 11.5 Å². The lowest BCUT2D eigenvalue weighted by Gasteiger charge is -2.25. The van der Waals surface area contributed by atoms with Crippen molar-refractivity contribution in [2.24, 2.45) is 0 Å². The number of amides is 1. The molecule has 1 aliphatic heterocycles. The number of ether oxygens (including phenoxy) is 2. The molecule has 0 radical (unpaired) electrons. The lowest BCUT2D eigenvalue weighted by atomic mass is 10.2. The molecule has 0 atom stereocenters. The fraction of sp³-hybridized carbons (Fsp3) is 0.136. The summed E-state index contributed by atoms with van der Waals surface area (Å²) >= 11 is 12.4. The molecule has 3 aromatic rings. The van der Waals surface area contributed by atoms with E-state index < -0.39 is 22.5 Å². The zero-order chi connectivity index (χ0) is 22.7. The molecule has 4 rings (SSSR count). The first kappa shape index (κ1) is 22.3. The van der Waals surface area contributed by atoms with Gasteiger partial charge in [0, 0.05) is 6.54 Å². The first-order valence-corrected chi connectivity index (χ1v) is 11.7. The van der Waals surface area contributed by atoms with E-state index in [4.69, 9.17) is 32.7 Å². The second-order valence-electron chi connectivity index (χ2n) is 6.86. The van der Waals surface area contributed by atoms with Gasteiger partial charge in [-0.2, -0.15) is 0 Å². The summed E-state index contributed by atoms with van der Waals surface area (Å²) in [6.07, 6.45) is 0. The molecule has 3 aromatic carbocycles. The maximum atomic E-state index is 13.3. The summed E-state index contributed by atoms with van der Waals surface area (Å²) in [5.74, 6) is 0.713. The summed E-state index contributed by atoms with van der Waals surface area (Å²) in [6.45, 7) is -0.155. The molecule has 0 saturated heterocycles. The van der Waals surface area contributed by atoms with E-state index in [0.29, 0.717) is 11.5 Å². The second-order valence-corrected chi connectivity index (χ2v) is 9.51. The number of halogens is 2. The van der Waals surface area contributed by atoms with Gasteiger partial charge >= 0.3 is 0 Å². The topological polar surface area (TPSA) is 84.9 Å². The first-order valence-electron chi connectivity index (χ1n) is 9.53. The number of anilines is 1. The number of hydrogen-bond acceptors (Lipinski definition) is 5. The Morgan fingerprint density at radius 1 is 0.969 bits per heavy atom. The van der Waals surface area contributed by atoms with E-state index >= 15 is 0 Å². The summed E-state index contributed by atoms with van der Waals surface area (Å²) < 4.78 is 38.3. The van der Waals surface area contributed by atoms with Crippen molar-refractivity contribution in [3.8, 4) is 11.5 Å². The SMILES string of the molecule is O=C(CN(c1cccc(Cl)c1Cl)S(=O)(=O)c1ccccc1)NCc1ccc2c(c1)OCO2. The molecule has 0 fully saturated rings. The molecule has 1 N–H and O–H groups in total. The highest BCUT2D eigenvalue weighted by molar-refractivity contribution is 7.92. The molecule has 166 valence electrons. The number of carbonyl (C=O) groups excluding carboxylic acids is 1. The highest BCUT2D eigenvalue weighted by Gasteiger charge is 2.29. The number of sulfonamides is 1. The summed E-state index contributed by atoms with van der Waals surface area (Å²) in [5.41, 5.74) is 0.891. The zero-order valence-corrected chi connectivity index (χ0v) is 19.0. The molecular weight excluding hydrogens is 475 g/mol. The lowest BCUT2D eigenvalue weighted by molar-refractivity contribution is -0.119. The fourth-order valence-electron chi connectivity index (χ4n) is 3.14. The van der Waals surface area contributed by atoms with Crippen molar-refractivity contribution in [1.82, 2.24) is 5.32 Å². The van der Waals surface area contributed by atoms with Crippen LogP contribution in [0.25, 0.3) is 0 Å². The number of nitrogens with zero attached hydrogens (tertiary/aromatic N) is 1. The molecule has 0 aliphatic carbocycles. The summed E-state index contributed by atoms with van der Waals surface area (Å²) in [7, 11) is -4.09. The first-order chi connectivity index (χ1) is 15.4. The molecule has 1 aliphatic rings. The van der Waals surface area contributed by atoms with Crippen LogP contribution in [0.2, 0.25) is 10.0 Å². The van der Waals surface area contributed by atoms with Gasteiger partial charge in [-0.3, -0.25) is 9.10 Å². The van der Waals surface area contributed by atoms with Crippen molar-refractivity contribution in [3.05, 3.63) is 82.3 Å². The Morgan fingerprint density at radius 2 is 1.72 bits per heavy atom. The minimum atomic E-state index is -4.09. The number of benzene rings is 3. The van der Waals surface area contributed by atoms with Gasteiger partial charge in [-0.15, -0.1) is 0 Å². The Hall–Kier alpha value is -2.94. The van der Waals surface area contributed by atoms with E-state index in [0.717, 1.165) is 9.87 Å². The summed E-state index contributed by atoms with van der Waals surface area (Å²) in [5, 5.41) is 2.95. The molecule has 1 heterocycles. The third-order valence-electron chi connectivity index (χ3n) is 4.74. The van der Waals surface area contributed by atoms with Crippen LogP contribution in [0.3, 0.4) is 0 Å². The molecule has 32 heavy (non-hydrogen) atoms. The largest absolute Gasteiger partial charge is 0.454 e. The van der Waals surface area contributed by atoms with E-state index in [-0.39, 0.29) is 34.0 Å². The summed E-state index contributed by atoms with van der Waals surface area (Å²) in [4.78, 5) is 12.8. The molecule has 7 nitrogen and oxygen atoms in total. The Bertz CT molecular complexity index is 1250. The molecule has 0 unspecified atom stereocenters. The number of hydrogen-bond donors (Lipinski definition) is 1. The average Bonchev–Trinajstić information content (AvgIpc) is 3.26. The highest BCUT2D eigenvalue weighted by atomic mass is 35.5. The van der Waals surface area contributed by atoms with Crippen LogP contribution in [0.1, 0.15) is 5.56 Å². The number of rotatable bonds is 7. The average molecular weight is 493 g/mol. The Labute approximate surface area is 195 Å². The molecule has 0 aromatic heterocycles. The zero-order valence-electron chi connectivity index (χ0n) is 16.6. The van der Waals surface area contributed by atoms with Gasteiger partial charge in [0.1, 0.15) is 6.54 Å². The van der Waals surface area contributed by atoms with Crippen LogP contribution in [0, 0.1) is 0 Å². The third-order valence-corrected chi connectivity index (χ3v) is 7.33. The predicted octanol–water partition coefficient (Wildman–Crippen LogP) is 4.23. The van der Waals surface area contributed by atoms with Gasteiger partial charge in [0.2, 0.25) is 12.7 Å². The van der Waals surface area contributed by atoms with Crippen molar-refractivity contribution in [1.29, 1.82) is 0 Å². The molecule has 1 amide bonds. The molecular formula is C22H18Cl2N2O5S. The van der Waals surface area contributed by atoms with Crippen molar-refractivity contribution in [2.75, 3.05) is 17.6 Å². The Balaban J connectivity index is 1.57. The van der Waals surface area contributed by atoms with Crippen molar-refractivity contribution in [3.63, 3.8) is 0 Å². The van der Waals surface area contributed by atoms with E-state index in [9.17, 15) is 13.2 Å². The standard InChI is InChI=1S/C22H18Cl2N2O5S/c23-17-7-4-8-18(22(17)24)26(32(28,29)16-5-2-1-3-6-16)13-21(27)25-12-15-9-10-19-20(11-15)31-14-30-19/h1-11H,12-14H2,(H,25,27). The molecule has 10 heteroatoms. The van der Waals surface area contributed by atoms with E-state index in [2.05, 4.69) is 5.32 Å². The molecule has 0 bridgehead atoms. The van der Waals surface area contributed by atoms with Gasteiger partial charge in [0.05, 0.1) is 20.6 Å².